The third-order valence-corrected chi connectivity index (χ3v) is 2.36. The highest BCUT2D eigenvalue weighted by Crippen LogP contribution is 2.17. The molecule has 0 heterocycles. The van der Waals surface area contributed by atoms with E-state index in [0.29, 0.717) is 11.3 Å². The average molecular weight is 236 g/mol. The summed E-state index contributed by atoms with van der Waals surface area (Å²) in [5.74, 6) is -3.29. The van der Waals surface area contributed by atoms with Crippen LogP contribution >= 0.6 is 0 Å². The van der Waals surface area contributed by atoms with E-state index in [1.165, 1.54) is 7.11 Å². The lowest BCUT2D eigenvalue weighted by Crippen LogP contribution is -2.37. The number of carboxylic acid groups (broad SMARTS) is 2. The van der Waals surface area contributed by atoms with Crippen LogP contribution in [-0.4, -0.2) is 19.0 Å². The van der Waals surface area contributed by atoms with Crippen molar-refractivity contribution >= 4 is 11.9 Å². The molecule has 0 aliphatic carbocycles. The van der Waals surface area contributed by atoms with Crippen LogP contribution in [0, 0.1) is 5.92 Å². The van der Waals surface area contributed by atoms with Crippen LogP contribution in [0.3, 0.4) is 0 Å². The Hall–Kier alpha value is -2.04. The van der Waals surface area contributed by atoms with Gasteiger partial charge in [-0.15, -0.1) is 0 Å². The van der Waals surface area contributed by atoms with Crippen molar-refractivity contribution in [2.24, 2.45) is 5.92 Å². The molecule has 0 N–H and O–H groups in total. The Kier molecular flexibility index (Phi) is 4.51. The van der Waals surface area contributed by atoms with E-state index >= 15 is 0 Å². The quantitative estimate of drug-likeness (QED) is 0.615. The number of methoxy groups -OCH3 is 1. The third kappa shape index (κ3) is 4.14. The molecule has 0 aliphatic rings. The highest BCUT2D eigenvalue weighted by atomic mass is 16.5. The van der Waals surface area contributed by atoms with Gasteiger partial charge in [-0.3, -0.25) is 0 Å². The molecule has 5 heteroatoms. The molecular weight excluding hydrogens is 224 g/mol. The number of aliphatic carboxylic acids is 2. The van der Waals surface area contributed by atoms with Gasteiger partial charge in [0.2, 0.25) is 0 Å². The van der Waals surface area contributed by atoms with E-state index in [9.17, 15) is 19.8 Å². The molecule has 1 atom stereocenters. The van der Waals surface area contributed by atoms with Gasteiger partial charge in [-0.25, -0.2) is 0 Å². The number of hydrogen-bond donors (Lipinski definition) is 0. The maximum atomic E-state index is 10.8. The second-order valence-electron chi connectivity index (χ2n) is 3.65. The summed E-state index contributed by atoms with van der Waals surface area (Å²) in [5.41, 5.74) is 0.680. The fourth-order valence-electron chi connectivity index (χ4n) is 1.52. The first-order valence-electron chi connectivity index (χ1n) is 5.06. The molecule has 92 valence electrons. The Balaban J connectivity index is 2.78. The second-order valence-corrected chi connectivity index (χ2v) is 3.65. The summed E-state index contributed by atoms with van der Waals surface area (Å²) in [4.78, 5) is 21.2. The van der Waals surface area contributed by atoms with Crippen LogP contribution in [0.5, 0.6) is 5.75 Å². The molecule has 0 saturated heterocycles. The maximum absolute atomic E-state index is 10.8. The van der Waals surface area contributed by atoms with Crippen molar-refractivity contribution in [2.75, 3.05) is 7.11 Å². The first-order chi connectivity index (χ1) is 8.02. The van der Waals surface area contributed by atoms with Crippen molar-refractivity contribution in [3.05, 3.63) is 29.8 Å². The van der Waals surface area contributed by atoms with Crippen LogP contribution in [0.2, 0.25) is 0 Å². The van der Waals surface area contributed by atoms with Gasteiger partial charge in [0.05, 0.1) is 7.11 Å². The zero-order valence-electron chi connectivity index (χ0n) is 9.34. The molecule has 1 aromatic carbocycles. The van der Waals surface area contributed by atoms with E-state index in [-0.39, 0.29) is 6.42 Å². The largest absolute Gasteiger partial charge is 0.550 e. The lowest BCUT2D eigenvalue weighted by molar-refractivity contribution is -0.320. The Bertz CT molecular complexity index is 413. The van der Waals surface area contributed by atoms with E-state index in [1.807, 2.05) is 0 Å². The zero-order valence-corrected chi connectivity index (χ0v) is 9.34. The third-order valence-electron chi connectivity index (χ3n) is 2.36. The number of carbonyl (C=O) groups excluding carboxylic acids is 2. The van der Waals surface area contributed by atoms with Crippen LogP contribution in [0.4, 0.5) is 0 Å². The minimum absolute atomic E-state index is 0.0769. The predicted octanol–water partition coefficient (Wildman–Crippen LogP) is -1.26. The number of benzene rings is 1. The van der Waals surface area contributed by atoms with Crippen molar-refractivity contribution in [2.45, 2.75) is 12.8 Å². The Morgan fingerprint density at radius 1 is 1.35 bits per heavy atom. The first kappa shape index (κ1) is 13.0. The van der Waals surface area contributed by atoms with E-state index < -0.39 is 24.3 Å². The van der Waals surface area contributed by atoms with Gasteiger partial charge in [0.15, 0.2) is 0 Å². The van der Waals surface area contributed by atoms with E-state index in [4.69, 9.17) is 4.74 Å². The number of hydrogen-bond acceptors (Lipinski definition) is 5. The van der Waals surface area contributed by atoms with Crippen molar-refractivity contribution in [3.8, 4) is 5.75 Å². The molecule has 1 rings (SSSR count). The lowest BCUT2D eigenvalue weighted by Gasteiger charge is -2.18. The minimum atomic E-state index is -1.40. The van der Waals surface area contributed by atoms with Gasteiger partial charge in [-0.2, -0.15) is 0 Å². The van der Waals surface area contributed by atoms with E-state index in [1.54, 1.807) is 24.3 Å². The summed E-state index contributed by atoms with van der Waals surface area (Å²) in [6, 6.07) is 6.79. The summed E-state index contributed by atoms with van der Waals surface area (Å²) in [7, 11) is 1.50. The van der Waals surface area contributed by atoms with Gasteiger partial charge in [-0.1, -0.05) is 12.1 Å². The van der Waals surface area contributed by atoms with Crippen molar-refractivity contribution in [1.82, 2.24) is 0 Å². The Morgan fingerprint density at radius 2 is 2.06 bits per heavy atom. The number of carboxylic acids is 2. The molecule has 0 amide bonds. The molecule has 0 radical (unpaired) electrons. The molecule has 1 aromatic rings. The molecule has 0 aromatic heterocycles. The second kappa shape index (κ2) is 5.89. The summed E-state index contributed by atoms with van der Waals surface area (Å²) >= 11 is 0. The molecule has 0 bridgehead atoms. The van der Waals surface area contributed by atoms with Crippen molar-refractivity contribution in [3.63, 3.8) is 0 Å². The standard InChI is InChI=1S/C12H14O5/c1-17-10-4-2-3-8(6-10)5-9(12(15)16)7-11(13)14/h2-4,6,9H,5,7H2,1H3,(H,13,14)(H,15,16)/p-2/t9-/m0/s1. The van der Waals surface area contributed by atoms with Crippen LogP contribution in [0.1, 0.15) is 12.0 Å². The topological polar surface area (TPSA) is 89.5 Å². The summed E-state index contributed by atoms with van der Waals surface area (Å²) in [5, 5.41) is 21.2. The molecule has 0 spiro atoms. The molecule has 0 aliphatic heterocycles. The van der Waals surface area contributed by atoms with Crippen molar-refractivity contribution in [1.29, 1.82) is 0 Å². The Morgan fingerprint density at radius 3 is 2.59 bits per heavy atom. The van der Waals surface area contributed by atoms with Crippen LogP contribution in [-0.2, 0) is 16.0 Å². The number of rotatable bonds is 6. The van der Waals surface area contributed by atoms with Gasteiger partial charge < -0.3 is 24.5 Å². The highest BCUT2D eigenvalue weighted by Gasteiger charge is 2.11. The monoisotopic (exact) mass is 236 g/mol. The number of ether oxygens (including phenoxy) is 1. The molecule has 0 unspecified atom stereocenters. The fraction of sp³-hybridized carbons (Fsp3) is 0.333. The van der Waals surface area contributed by atoms with E-state index in [0.717, 1.165) is 0 Å². The van der Waals surface area contributed by atoms with Crippen LogP contribution < -0.4 is 14.9 Å². The zero-order chi connectivity index (χ0) is 12.8. The molecule has 17 heavy (non-hydrogen) atoms. The van der Waals surface area contributed by atoms with Gasteiger partial charge in [-0.05, 0) is 30.5 Å². The minimum Gasteiger partial charge on any atom is -0.550 e. The van der Waals surface area contributed by atoms with Gasteiger partial charge in [0.1, 0.15) is 5.75 Å². The number of carbonyl (C=O) groups is 2. The van der Waals surface area contributed by atoms with Crippen LogP contribution in [0.15, 0.2) is 24.3 Å². The lowest BCUT2D eigenvalue weighted by atomic mass is 9.96. The molecule has 5 nitrogen and oxygen atoms in total. The summed E-state index contributed by atoms with van der Waals surface area (Å²) in [6.07, 6.45) is -0.479. The summed E-state index contributed by atoms with van der Waals surface area (Å²) in [6.45, 7) is 0. The smallest absolute Gasteiger partial charge is 0.119 e. The van der Waals surface area contributed by atoms with Crippen molar-refractivity contribution < 1.29 is 24.5 Å². The highest BCUT2D eigenvalue weighted by molar-refractivity contribution is 5.75. The maximum Gasteiger partial charge on any atom is 0.119 e. The Labute approximate surface area is 98.6 Å². The van der Waals surface area contributed by atoms with E-state index in [2.05, 4.69) is 0 Å². The first-order valence-corrected chi connectivity index (χ1v) is 5.06. The molecule has 0 fully saturated rings. The summed E-state index contributed by atoms with van der Waals surface area (Å²) < 4.78 is 4.99. The normalized spacial score (nSPS) is 11.8. The predicted molar refractivity (Wildman–Crippen MR) is 54.8 cm³/mol. The fourth-order valence-corrected chi connectivity index (χ4v) is 1.52. The molecule has 0 saturated carbocycles. The van der Waals surface area contributed by atoms with Gasteiger partial charge in [0, 0.05) is 17.9 Å². The van der Waals surface area contributed by atoms with Crippen LogP contribution in [0.25, 0.3) is 0 Å². The molecular formula is C12H12O5-2. The average Bonchev–Trinajstić information content (AvgIpc) is 2.27. The van der Waals surface area contributed by atoms with Gasteiger partial charge in [0.25, 0.3) is 0 Å². The van der Waals surface area contributed by atoms with Gasteiger partial charge >= 0.3 is 0 Å². The SMILES string of the molecule is COc1cccc(C[C@@H](CC(=O)[O-])C(=O)[O-])c1.